The van der Waals surface area contributed by atoms with Crippen molar-refractivity contribution in [3.05, 3.63) is 35.9 Å². The fourth-order valence-electron chi connectivity index (χ4n) is 1.60. The second-order valence-corrected chi connectivity index (χ2v) is 3.92. The Kier molecular flexibility index (Phi) is 2.77. The number of halogens is 1. The maximum Gasteiger partial charge on any atom is 0.186 e. The number of hydrogen-bond donors (Lipinski definition) is 0. The van der Waals surface area contributed by atoms with E-state index in [0.29, 0.717) is 13.2 Å². The molecule has 76 valence electrons. The van der Waals surface area contributed by atoms with Crippen molar-refractivity contribution in [3.8, 4) is 0 Å². The smallest absolute Gasteiger partial charge is 0.186 e. The summed E-state index contributed by atoms with van der Waals surface area (Å²) in [7, 11) is 0. The van der Waals surface area contributed by atoms with Gasteiger partial charge in [0, 0.05) is 0 Å². The van der Waals surface area contributed by atoms with E-state index in [0.717, 1.165) is 5.56 Å². The van der Waals surface area contributed by atoms with E-state index in [-0.39, 0.29) is 5.38 Å². The fraction of sp³-hybridized carbons (Fsp3) is 0.455. The molecule has 1 unspecified atom stereocenters. The zero-order valence-electron chi connectivity index (χ0n) is 8.07. The van der Waals surface area contributed by atoms with Crippen molar-refractivity contribution >= 4 is 11.6 Å². The van der Waals surface area contributed by atoms with Crippen LogP contribution < -0.4 is 0 Å². The van der Waals surface area contributed by atoms with E-state index in [1.54, 1.807) is 0 Å². The van der Waals surface area contributed by atoms with Crippen LogP contribution in [0.25, 0.3) is 0 Å². The molecule has 0 aromatic heterocycles. The Balaban J connectivity index is 2.19. The Hall–Kier alpha value is -0.570. The minimum atomic E-state index is -0.678. The summed E-state index contributed by atoms with van der Waals surface area (Å²) >= 11 is 6.30. The molecule has 1 aromatic carbocycles. The SMILES string of the molecule is CC1(C(Cl)c2ccccc2)OCCO1. The van der Waals surface area contributed by atoms with E-state index in [9.17, 15) is 0 Å². The predicted molar refractivity (Wildman–Crippen MR) is 55.3 cm³/mol. The van der Waals surface area contributed by atoms with Gasteiger partial charge in [-0.3, -0.25) is 0 Å². The minimum absolute atomic E-state index is 0.258. The maximum atomic E-state index is 6.30. The van der Waals surface area contributed by atoms with Crippen molar-refractivity contribution in [2.75, 3.05) is 13.2 Å². The Bertz CT molecular complexity index is 293. The van der Waals surface area contributed by atoms with E-state index in [1.807, 2.05) is 37.3 Å². The average molecular weight is 213 g/mol. The van der Waals surface area contributed by atoms with Gasteiger partial charge in [0.05, 0.1) is 13.2 Å². The van der Waals surface area contributed by atoms with Crippen molar-refractivity contribution in [1.82, 2.24) is 0 Å². The van der Waals surface area contributed by atoms with Crippen LogP contribution >= 0.6 is 11.6 Å². The molecule has 1 heterocycles. The van der Waals surface area contributed by atoms with Crippen LogP contribution in [0.3, 0.4) is 0 Å². The highest BCUT2D eigenvalue weighted by Crippen LogP contribution is 2.38. The molecule has 0 saturated carbocycles. The molecule has 2 nitrogen and oxygen atoms in total. The summed E-state index contributed by atoms with van der Waals surface area (Å²) in [6, 6.07) is 9.85. The van der Waals surface area contributed by atoms with Gasteiger partial charge in [-0.15, -0.1) is 11.6 Å². The zero-order chi connectivity index (χ0) is 10.0. The van der Waals surface area contributed by atoms with Crippen LogP contribution in [0, 0.1) is 0 Å². The quantitative estimate of drug-likeness (QED) is 0.702. The predicted octanol–water partition coefficient (Wildman–Crippen LogP) is 2.73. The van der Waals surface area contributed by atoms with Gasteiger partial charge in [-0.05, 0) is 12.5 Å². The van der Waals surface area contributed by atoms with Gasteiger partial charge >= 0.3 is 0 Å². The summed E-state index contributed by atoms with van der Waals surface area (Å²) in [6.07, 6.45) is 0. The highest BCUT2D eigenvalue weighted by Gasteiger charge is 2.39. The van der Waals surface area contributed by atoms with E-state index in [4.69, 9.17) is 21.1 Å². The first-order valence-corrected chi connectivity index (χ1v) is 5.13. The van der Waals surface area contributed by atoms with Crippen LogP contribution in [0.4, 0.5) is 0 Å². The van der Waals surface area contributed by atoms with Crippen molar-refractivity contribution in [2.45, 2.75) is 18.1 Å². The van der Waals surface area contributed by atoms with Crippen molar-refractivity contribution in [2.24, 2.45) is 0 Å². The van der Waals surface area contributed by atoms with Gasteiger partial charge in [-0.25, -0.2) is 0 Å². The molecule has 1 aromatic rings. The van der Waals surface area contributed by atoms with Gasteiger partial charge in [-0.1, -0.05) is 30.3 Å². The van der Waals surface area contributed by atoms with Crippen LogP contribution in [0.1, 0.15) is 17.9 Å². The Morgan fingerprint density at radius 2 is 1.79 bits per heavy atom. The molecule has 1 aliphatic rings. The molecule has 1 fully saturated rings. The largest absolute Gasteiger partial charge is 0.346 e. The number of rotatable bonds is 2. The molecule has 3 heteroatoms. The van der Waals surface area contributed by atoms with Crippen LogP contribution in [0.5, 0.6) is 0 Å². The molecule has 0 bridgehead atoms. The third-order valence-electron chi connectivity index (χ3n) is 2.41. The van der Waals surface area contributed by atoms with Crippen LogP contribution in [0.15, 0.2) is 30.3 Å². The van der Waals surface area contributed by atoms with Gasteiger partial charge in [0.15, 0.2) is 5.79 Å². The number of ether oxygens (including phenoxy) is 2. The van der Waals surface area contributed by atoms with E-state index in [1.165, 1.54) is 0 Å². The molecule has 1 aliphatic heterocycles. The molecule has 14 heavy (non-hydrogen) atoms. The number of alkyl halides is 1. The highest BCUT2D eigenvalue weighted by molar-refractivity contribution is 6.21. The summed E-state index contributed by atoms with van der Waals surface area (Å²) in [4.78, 5) is 0. The van der Waals surface area contributed by atoms with E-state index in [2.05, 4.69) is 0 Å². The highest BCUT2D eigenvalue weighted by atomic mass is 35.5. The molecule has 0 aliphatic carbocycles. The number of benzene rings is 1. The summed E-state index contributed by atoms with van der Waals surface area (Å²) in [5.74, 6) is -0.678. The van der Waals surface area contributed by atoms with Crippen LogP contribution in [-0.4, -0.2) is 19.0 Å². The molecule has 0 N–H and O–H groups in total. The monoisotopic (exact) mass is 212 g/mol. The average Bonchev–Trinajstić information content (AvgIpc) is 2.67. The third-order valence-corrected chi connectivity index (χ3v) is 3.06. The Morgan fingerprint density at radius 1 is 1.21 bits per heavy atom. The standard InChI is InChI=1S/C11H13ClO2/c1-11(13-7-8-14-11)10(12)9-5-3-2-4-6-9/h2-6,10H,7-8H2,1H3. The van der Waals surface area contributed by atoms with E-state index < -0.39 is 5.79 Å². The van der Waals surface area contributed by atoms with Crippen LogP contribution in [-0.2, 0) is 9.47 Å². The lowest BCUT2D eigenvalue weighted by atomic mass is 10.1. The number of hydrogen-bond acceptors (Lipinski definition) is 2. The first-order chi connectivity index (χ1) is 6.72. The van der Waals surface area contributed by atoms with Gasteiger partial charge in [0.2, 0.25) is 0 Å². The lowest BCUT2D eigenvalue weighted by Crippen LogP contribution is -2.31. The van der Waals surface area contributed by atoms with Crippen LogP contribution in [0.2, 0.25) is 0 Å². The third kappa shape index (κ3) is 1.78. The Morgan fingerprint density at radius 3 is 2.36 bits per heavy atom. The zero-order valence-corrected chi connectivity index (χ0v) is 8.83. The summed E-state index contributed by atoms with van der Waals surface area (Å²) in [6.45, 7) is 3.11. The first kappa shape index (κ1) is 9.97. The molecule has 0 radical (unpaired) electrons. The molecule has 1 atom stereocenters. The molecule has 1 saturated heterocycles. The maximum absolute atomic E-state index is 6.30. The normalized spacial score (nSPS) is 22.1. The van der Waals surface area contributed by atoms with Crippen molar-refractivity contribution in [3.63, 3.8) is 0 Å². The summed E-state index contributed by atoms with van der Waals surface area (Å²) in [5, 5.41) is -0.258. The molecular formula is C11H13ClO2. The first-order valence-electron chi connectivity index (χ1n) is 4.69. The minimum Gasteiger partial charge on any atom is -0.346 e. The lowest BCUT2D eigenvalue weighted by Gasteiger charge is -2.27. The second-order valence-electron chi connectivity index (χ2n) is 3.49. The molecule has 2 rings (SSSR count). The molecule has 0 spiro atoms. The van der Waals surface area contributed by atoms with Crippen molar-refractivity contribution in [1.29, 1.82) is 0 Å². The van der Waals surface area contributed by atoms with Crippen molar-refractivity contribution < 1.29 is 9.47 Å². The van der Waals surface area contributed by atoms with E-state index >= 15 is 0 Å². The van der Waals surface area contributed by atoms with Gasteiger partial charge in [-0.2, -0.15) is 0 Å². The topological polar surface area (TPSA) is 18.5 Å². The Labute approximate surface area is 88.8 Å². The van der Waals surface area contributed by atoms with Gasteiger partial charge in [0.25, 0.3) is 0 Å². The lowest BCUT2D eigenvalue weighted by molar-refractivity contribution is -0.144. The fourth-order valence-corrected chi connectivity index (χ4v) is 1.87. The van der Waals surface area contributed by atoms with Gasteiger partial charge < -0.3 is 9.47 Å². The summed E-state index contributed by atoms with van der Waals surface area (Å²) in [5.41, 5.74) is 1.03. The molecular weight excluding hydrogens is 200 g/mol. The molecule has 0 amide bonds. The second kappa shape index (κ2) is 3.89. The summed E-state index contributed by atoms with van der Waals surface area (Å²) < 4.78 is 11.0. The van der Waals surface area contributed by atoms with Gasteiger partial charge in [0.1, 0.15) is 5.38 Å².